The summed E-state index contributed by atoms with van der Waals surface area (Å²) in [6, 6.07) is 0. The molecule has 7 heteroatoms. The zero-order valence-electron chi connectivity index (χ0n) is 13.6. The van der Waals surface area contributed by atoms with Gasteiger partial charge in [0.1, 0.15) is 0 Å². The first kappa shape index (κ1) is 20.7. The maximum absolute atomic E-state index is 12.7. The number of thioether (sulfide) groups is 1. The number of hydrogen-bond acceptors (Lipinski definition) is 6. The molecular formula is C14H27O5PS. The molecule has 0 aromatic heterocycles. The van der Waals surface area contributed by atoms with Crippen molar-refractivity contribution in [2.75, 3.05) is 25.5 Å². The molecule has 0 aromatic rings. The highest BCUT2D eigenvalue weighted by Gasteiger charge is 2.29. The molecule has 1 atom stereocenters. The largest absolute Gasteiger partial charge is 0.466 e. The molecule has 0 bridgehead atoms. The minimum absolute atomic E-state index is 0.0396. The van der Waals surface area contributed by atoms with Crippen LogP contribution in [0.3, 0.4) is 0 Å². The molecule has 0 aliphatic carbocycles. The molecule has 5 nitrogen and oxygen atoms in total. The molecule has 0 aliphatic rings. The molecule has 0 fully saturated rings. The van der Waals surface area contributed by atoms with Crippen molar-refractivity contribution in [3.63, 3.8) is 0 Å². The van der Waals surface area contributed by atoms with Crippen molar-refractivity contribution in [3.05, 3.63) is 0 Å². The van der Waals surface area contributed by atoms with Crippen LogP contribution in [0.1, 0.15) is 47.5 Å². The maximum atomic E-state index is 12.7. The molecule has 0 heterocycles. The van der Waals surface area contributed by atoms with Crippen molar-refractivity contribution >= 4 is 30.2 Å². The Labute approximate surface area is 132 Å². The predicted molar refractivity (Wildman–Crippen MR) is 87.2 cm³/mol. The fourth-order valence-electron chi connectivity index (χ4n) is 1.85. The molecule has 0 aliphatic heterocycles. The second-order valence-corrected chi connectivity index (χ2v) is 10.0. The number of esters is 1. The number of rotatable bonds is 10. The van der Waals surface area contributed by atoms with Crippen LogP contribution < -0.4 is 0 Å². The van der Waals surface area contributed by atoms with E-state index in [-0.39, 0.29) is 28.4 Å². The second-order valence-electron chi connectivity index (χ2n) is 5.34. The molecule has 1 unspecified atom stereocenters. The highest BCUT2D eigenvalue weighted by molar-refractivity contribution is 8.14. The van der Waals surface area contributed by atoms with Gasteiger partial charge in [0.2, 0.25) is 7.37 Å². The third-order valence-electron chi connectivity index (χ3n) is 2.80. The molecular weight excluding hydrogens is 311 g/mol. The monoisotopic (exact) mass is 338 g/mol. The summed E-state index contributed by atoms with van der Waals surface area (Å²) < 4.78 is 22.7. The number of hydrogen-bond donors (Lipinski definition) is 0. The van der Waals surface area contributed by atoms with Gasteiger partial charge in [0, 0.05) is 24.0 Å². The Bertz CT molecular complexity index is 395. The first-order valence-corrected chi connectivity index (χ1v) is 10.0. The highest BCUT2D eigenvalue weighted by atomic mass is 32.2. The number of carbonyl (C=O) groups excluding carboxylic acids is 2. The lowest BCUT2D eigenvalue weighted by atomic mass is 10.1. The predicted octanol–water partition coefficient (Wildman–Crippen LogP) is 3.70. The zero-order chi connectivity index (χ0) is 16.5. The molecule has 0 aromatic carbocycles. The van der Waals surface area contributed by atoms with E-state index in [1.165, 1.54) is 18.7 Å². The van der Waals surface area contributed by atoms with E-state index in [0.717, 1.165) is 0 Å². The fraction of sp³-hybridized carbons (Fsp3) is 0.857. The molecule has 0 radical (unpaired) electrons. The molecule has 21 heavy (non-hydrogen) atoms. The lowest BCUT2D eigenvalue weighted by molar-refractivity contribution is -0.142. The van der Waals surface area contributed by atoms with Gasteiger partial charge in [-0.15, -0.1) is 0 Å². The summed E-state index contributed by atoms with van der Waals surface area (Å²) in [5.41, 5.74) is 0. The van der Waals surface area contributed by atoms with Crippen LogP contribution in [0.15, 0.2) is 0 Å². The molecule has 0 saturated heterocycles. The molecule has 0 spiro atoms. The van der Waals surface area contributed by atoms with Gasteiger partial charge in [-0.2, -0.15) is 0 Å². The van der Waals surface area contributed by atoms with Gasteiger partial charge in [-0.05, 0) is 20.3 Å². The van der Waals surface area contributed by atoms with E-state index in [4.69, 9.17) is 9.26 Å². The van der Waals surface area contributed by atoms with Crippen LogP contribution in [0.2, 0.25) is 0 Å². The summed E-state index contributed by atoms with van der Waals surface area (Å²) in [5, 5.41) is 0.0396. The average molecular weight is 338 g/mol. The standard InChI is InChI=1S/C14H27O5PS/c1-6-18-13(16)8-10-20(17,19-7-2)11-9-14(4,5)21-12(3)15/h6-11H2,1-5H3. The van der Waals surface area contributed by atoms with Crippen LogP contribution in [0.5, 0.6) is 0 Å². The molecule has 0 rings (SSSR count). The minimum Gasteiger partial charge on any atom is -0.466 e. The van der Waals surface area contributed by atoms with Crippen molar-refractivity contribution < 1.29 is 23.4 Å². The number of ether oxygens (including phenoxy) is 1. The van der Waals surface area contributed by atoms with E-state index < -0.39 is 7.37 Å². The normalized spacial score (nSPS) is 14.5. The van der Waals surface area contributed by atoms with E-state index in [1.54, 1.807) is 13.8 Å². The van der Waals surface area contributed by atoms with Crippen LogP contribution in [0.4, 0.5) is 0 Å². The highest BCUT2D eigenvalue weighted by Crippen LogP contribution is 2.50. The molecule has 124 valence electrons. The summed E-state index contributed by atoms with van der Waals surface area (Å²) in [4.78, 5) is 22.6. The quantitative estimate of drug-likeness (QED) is 0.447. The topological polar surface area (TPSA) is 69.7 Å². The summed E-state index contributed by atoms with van der Waals surface area (Å²) in [6.45, 7) is 9.60. The first-order chi connectivity index (χ1) is 9.64. The van der Waals surface area contributed by atoms with Crippen molar-refractivity contribution in [1.29, 1.82) is 0 Å². The van der Waals surface area contributed by atoms with Crippen LogP contribution in [-0.2, 0) is 23.4 Å². The zero-order valence-corrected chi connectivity index (χ0v) is 15.4. The Balaban J connectivity index is 4.55. The Hall–Kier alpha value is -0.320. The van der Waals surface area contributed by atoms with E-state index >= 15 is 0 Å². The summed E-state index contributed by atoms with van der Waals surface area (Å²) >= 11 is 1.24. The molecule has 0 amide bonds. The van der Waals surface area contributed by atoms with Crippen molar-refractivity contribution in [3.8, 4) is 0 Å². The van der Waals surface area contributed by atoms with Gasteiger partial charge >= 0.3 is 5.97 Å². The van der Waals surface area contributed by atoms with Gasteiger partial charge in [0.25, 0.3) is 0 Å². The van der Waals surface area contributed by atoms with Gasteiger partial charge in [-0.25, -0.2) is 0 Å². The second kappa shape index (κ2) is 9.65. The Morgan fingerprint density at radius 1 is 1.14 bits per heavy atom. The smallest absolute Gasteiger partial charge is 0.306 e. The fourth-order valence-corrected chi connectivity index (χ4v) is 5.36. The molecule has 0 saturated carbocycles. The lowest BCUT2D eigenvalue weighted by Gasteiger charge is -2.25. The Morgan fingerprint density at radius 3 is 2.24 bits per heavy atom. The van der Waals surface area contributed by atoms with Crippen molar-refractivity contribution in [1.82, 2.24) is 0 Å². The molecule has 0 N–H and O–H groups in total. The Morgan fingerprint density at radius 2 is 1.76 bits per heavy atom. The minimum atomic E-state index is -2.86. The Kier molecular flexibility index (Phi) is 9.50. The lowest BCUT2D eigenvalue weighted by Crippen LogP contribution is -2.20. The summed E-state index contributed by atoms with van der Waals surface area (Å²) in [7, 11) is -2.86. The maximum Gasteiger partial charge on any atom is 0.306 e. The van der Waals surface area contributed by atoms with Crippen molar-refractivity contribution in [2.45, 2.75) is 52.2 Å². The van der Waals surface area contributed by atoms with Gasteiger partial charge in [0.05, 0.1) is 19.6 Å². The van der Waals surface area contributed by atoms with E-state index in [9.17, 15) is 14.2 Å². The average Bonchev–Trinajstić information content (AvgIpc) is 2.34. The third-order valence-corrected chi connectivity index (χ3v) is 6.38. The number of carbonyl (C=O) groups is 2. The van der Waals surface area contributed by atoms with E-state index in [1.807, 2.05) is 13.8 Å². The van der Waals surface area contributed by atoms with Crippen LogP contribution in [0, 0.1) is 0 Å². The summed E-state index contributed by atoms with van der Waals surface area (Å²) in [5.74, 6) is -0.352. The summed E-state index contributed by atoms with van der Waals surface area (Å²) in [6.07, 6.45) is 1.26. The van der Waals surface area contributed by atoms with Gasteiger partial charge in [-0.3, -0.25) is 14.2 Å². The van der Waals surface area contributed by atoms with Crippen LogP contribution in [0.25, 0.3) is 0 Å². The first-order valence-electron chi connectivity index (χ1n) is 7.22. The van der Waals surface area contributed by atoms with Gasteiger partial charge in [-0.1, -0.05) is 25.6 Å². The van der Waals surface area contributed by atoms with Crippen LogP contribution >= 0.6 is 19.1 Å². The van der Waals surface area contributed by atoms with E-state index in [2.05, 4.69) is 0 Å². The van der Waals surface area contributed by atoms with Gasteiger partial charge < -0.3 is 9.26 Å². The van der Waals surface area contributed by atoms with Crippen molar-refractivity contribution in [2.24, 2.45) is 0 Å². The third kappa shape index (κ3) is 10.1. The van der Waals surface area contributed by atoms with Crippen LogP contribution in [-0.4, -0.2) is 41.4 Å². The van der Waals surface area contributed by atoms with E-state index in [0.29, 0.717) is 25.8 Å². The SMILES string of the molecule is CCOC(=O)CCP(=O)(CCC(C)(C)SC(C)=O)OCC. The van der Waals surface area contributed by atoms with Gasteiger partial charge in [0.15, 0.2) is 5.12 Å².